The van der Waals surface area contributed by atoms with Crippen molar-refractivity contribution in [2.45, 2.75) is 51.3 Å². The van der Waals surface area contributed by atoms with Crippen LogP contribution in [0.1, 0.15) is 44.9 Å². The molecule has 2 heteroatoms. The molecule has 0 saturated carbocycles. The van der Waals surface area contributed by atoms with E-state index >= 15 is 0 Å². The third-order valence-corrected chi connectivity index (χ3v) is 2.20. The van der Waals surface area contributed by atoms with Gasteiger partial charge in [-0.25, -0.2) is 0 Å². The lowest BCUT2D eigenvalue weighted by atomic mass is 9.91. The van der Waals surface area contributed by atoms with E-state index in [-0.39, 0.29) is 0 Å². The van der Waals surface area contributed by atoms with Gasteiger partial charge < -0.3 is 4.65 Å². The first-order valence-electron chi connectivity index (χ1n) is 4.93. The summed E-state index contributed by atoms with van der Waals surface area (Å²) in [5.74, 6) is 0. The molecule has 1 radical (unpaired) electrons. The third-order valence-electron chi connectivity index (χ3n) is 2.20. The van der Waals surface area contributed by atoms with Gasteiger partial charge in [-0.05, 0) is 6.42 Å². The highest BCUT2D eigenvalue weighted by molar-refractivity contribution is 6.26. The zero-order valence-corrected chi connectivity index (χ0v) is 7.35. The molecule has 0 unspecified atom stereocenters. The van der Waals surface area contributed by atoms with E-state index in [9.17, 15) is 0 Å². The normalized spacial score (nSPS) is 23.3. The molecule has 0 atom stereocenters. The lowest BCUT2D eigenvalue weighted by molar-refractivity contribution is 0.321. The van der Waals surface area contributed by atoms with Gasteiger partial charge in [-0.15, -0.1) is 0 Å². The molecule has 1 aliphatic heterocycles. The van der Waals surface area contributed by atoms with Crippen LogP contribution in [-0.4, -0.2) is 14.1 Å². The van der Waals surface area contributed by atoms with Crippen LogP contribution in [0, 0.1) is 0 Å². The van der Waals surface area contributed by atoms with Crippen molar-refractivity contribution in [3.05, 3.63) is 0 Å². The van der Waals surface area contributed by atoms with Gasteiger partial charge in [0.2, 0.25) is 0 Å². The lowest BCUT2D eigenvalue weighted by Gasteiger charge is -1.99. The first-order valence-corrected chi connectivity index (χ1v) is 4.93. The molecular formula is C9H18BO. The molecule has 63 valence electrons. The fourth-order valence-electron chi connectivity index (χ4n) is 1.46. The van der Waals surface area contributed by atoms with Crippen molar-refractivity contribution in [3.8, 4) is 0 Å². The summed E-state index contributed by atoms with van der Waals surface area (Å²) in [7, 11) is 1.99. The van der Waals surface area contributed by atoms with Crippen LogP contribution in [-0.2, 0) is 4.65 Å². The Kier molecular flexibility index (Phi) is 5.57. The van der Waals surface area contributed by atoms with E-state index < -0.39 is 0 Å². The Hall–Kier alpha value is 0.0249. The second-order valence-electron chi connectivity index (χ2n) is 3.30. The summed E-state index contributed by atoms with van der Waals surface area (Å²) < 4.78 is 5.34. The van der Waals surface area contributed by atoms with Gasteiger partial charge in [0.05, 0.1) is 0 Å². The van der Waals surface area contributed by atoms with Gasteiger partial charge in [0.15, 0.2) is 0 Å². The van der Waals surface area contributed by atoms with Crippen LogP contribution < -0.4 is 0 Å². The van der Waals surface area contributed by atoms with Crippen molar-refractivity contribution in [2.75, 3.05) is 6.61 Å². The summed E-state index contributed by atoms with van der Waals surface area (Å²) in [6.45, 7) is 0.944. The Morgan fingerprint density at radius 3 is 2.18 bits per heavy atom. The fraction of sp³-hybridized carbons (Fsp3) is 1.00. The minimum Gasteiger partial charge on any atom is -0.440 e. The molecule has 1 rings (SSSR count). The Balaban J connectivity index is 2.02. The van der Waals surface area contributed by atoms with E-state index in [4.69, 9.17) is 4.65 Å². The molecule has 0 bridgehead atoms. The van der Waals surface area contributed by atoms with E-state index in [0.29, 0.717) is 0 Å². The number of hydrogen-bond donors (Lipinski definition) is 0. The molecule has 0 amide bonds. The van der Waals surface area contributed by atoms with Gasteiger partial charge in [-0.3, -0.25) is 0 Å². The number of rotatable bonds is 0. The topological polar surface area (TPSA) is 9.23 Å². The van der Waals surface area contributed by atoms with Gasteiger partial charge in [0, 0.05) is 6.61 Å². The largest absolute Gasteiger partial charge is 0.440 e. The van der Waals surface area contributed by atoms with Crippen LogP contribution in [0.5, 0.6) is 0 Å². The standard InChI is InChI=1S/C9H18BO/c1-2-4-6-8-10-11-9-7-5-3-1/h1-9H2. The van der Waals surface area contributed by atoms with Crippen LogP contribution in [0.15, 0.2) is 0 Å². The minimum atomic E-state index is 0.944. The highest BCUT2D eigenvalue weighted by atomic mass is 16.4. The molecule has 0 spiro atoms. The van der Waals surface area contributed by atoms with Crippen molar-refractivity contribution in [3.63, 3.8) is 0 Å². The second-order valence-corrected chi connectivity index (χ2v) is 3.30. The lowest BCUT2D eigenvalue weighted by Crippen LogP contribution is -1.99. The molecule has 1 heterocycles. The summed E-state index contributed by atoms with van der Waals surface area (Å²) in [5.41, 5.74) is 0. The first-order chi connectivity index (χ1) is 5.50. The van der Waals surface area contributed by atoms with Crippen LogP contribution >= 0.6 is 0 Å². The summed E-state index contributed by atoms with van der Waals surface area (Å²) in [4.78, 5) is 0. The monoisotopic (exact) mass is 153 g/mol. The SMILES string of the molecule is [B]1CCCCCCCCCO1. The highest BCUT2D eigenvalue weighted by Crippen LogP contribution is 2.10. The molecule has 1 saturated heterocycles. The predicted molar refractivity (Wildman–Crippen MR) is 48.8 cm³/mol. The molecule has 0 N–H and O–H groups in total. The zero-order valence-electron chi connectivity index (χ0n) is 7.35. The van der Waals surface area contributed by atoms with E-state index in [1.165, 1.54) is 44.9 Å². The molecule has 1 nitrogen and oxygen atoms in total. The van der Waals surface area contributed by atoms with E-state index in [1.54, 1.807) is 0 Å². The van der Waals surface area contributed by atoms with Crippen molar-refractivity contribution in [1.82, 2.24) is 0 Å². The molecule has 1 aliphatic rings. The van der Waals surface area contributed by atoms with Crippen molar-refractivity contribution < 1.29 is 4.65 Å². The molecule has 11 heavy (non-hydrogen) atoms. The maximum absolute atomic E-state index is 5.34. The minimum absolute atomic E-state index is 0.944. The quantitative estimate of drug-likeness (QED) is 0.486. The zero-order chi connectivity index (χ0) is 7.78. The molecule has 0 aromatic rings. The molecule has 1 fully saturated rings. The van der Waals surface area contributed by atoms with Crippen molar-refractivity contribution in [2.24, 2.45) is 0 Å². The summed E-state index contributed by atoms with van der Waals surface area (Å²) in [6, 6.07) is 0. The van der Waals surface area contributed by atoms with Gasteiger partial charge >= 0.3 is 0 Å². The molecule has 0 aromatic heterocycles. The number of hydrogen-bond acceptors (Lipinski definition) is 1. The van der Waals surface area contributed by atoms with Crippen LogP contribution in [0.2, 0.25) is 6.32 Å². The van der Waals surface area contributed by atoms with Gasteiger partial charge in [-0.1, -0.05) is 44.8 Å². The van der Waals surface area contributed by atoms with E-state index in [1.807, 2.05) is 7.48 Å². The molecule has 0 aliphatic carbocycles. The first kappa shape index (κ1) is 9.12. The van der Waals surface area contributed by atoms with Crippen molar-refractivity contribution >= 4 is 7.48 Å². The third kappa shape index (κ3) is 5.31. The Morgan fingerprint density at radius 2 is 1.36 bits per heavy atom. The van der Waals surface area contributed by atoms with Crippen LogP contribution in [0.25, 0.3) is 0 Å². The smallest absolute Gasteiger partial charge is 0.292 e. The molecule has 0 aromatic carbocycles. The van der Waals surface area contributed by atoms with Gasteiger partial charge in [0.1, 0.15) is 0 Å². The summed E-state index contributed by atoms with van der Waals surface area (Å²) in [6.07, 6.45) is 10.7. The van der Waals surface area contributed by atoms with E-state index in [0.717, 1.165) is 12.9 Å². The van der Waals surface area contributed by atoms with Crippen LogP contribution in [0.4, 0.5) is 0 Å². The highest BCUT2D eigenvalue weighted by Gasteiger charge is 1.97. The predicted octanol–water partition coefficient (Wildman–Crippen LogP) is 2.78. The Bertz CT molecular complexity index is 47.6. The average molecular weight is 153 g/mol. The van der Waals surface area contributed by atoms with Crippen LogP contribution in [0.3, 0.4) is 0 Å². The second kappa shape index (κ2) is 6.72. The summed E-state index contributed by atoms with van der Waals surface area (Å²) in [5, 5.41) is 0. The Morgan fingerprint density at radius 1 is 0.727 bits per heavy atom. The van der Waals surface area contributed by atoms with Gasteiger partial charge in [0.25, 0.3) is 7.48 Å². The fourth-order valence-corrected chi connectivity index (χ4v) is 1.46. The van der Waals surface area contributed by atoms with Gasteiger partial charge in [-0.2, -0.15) is 0 Å². The average Bonchev–Trinajstić information content (AvgIpc) is 2.08. The van der Waals surface area contributed by atoms with Crippen molar-refractivity contribution in [1.29, 1.82) is 0 Å². The maximum atomic E-state index is 5.34. The summed E-state index contributed by atoms with van der Waals surface area (Å²) >= 11 is 0. The Labute approximate surface area is 70.8 Å². The van der Waals surface area contributed by atoms with E-state index in [2.05, 4.69) is 0 Å². The maximum Gasteiger partial charge on any atom is 0.292 e. The molecular weight excluding hydrogens is 135 g/mol.